The molecule has 3 aromatic rings. The van der Waals surface area contributed by atoms with Crippen LogP contribution in [0.25, 0.3) is 16.1 Å². The van der Waals surface area contributed by atoms with Gasteiger partial charge in [-0.05, 0) is 60.6 Å². The smallest absolute Gasteiger partial charge is 0.383 e. The Hall–Kier alpha value is -3.02. The largest absolute Gasteiger partial charge is 0.432 e. The van der Waals surface area contributed by atoms with Gasteiger partial charge in [0.25, 0.3) is 0 Å². The van der Waals surface area contributed by atoms with E-state index in [1.54, 1.807) is 36.7 Å². The molecule has 0 spiro atoms. The van der Waals surface area contributed by atoms with Gasteiger partial charge in [0.1, 0.15) is 5.71 Å². The lowest BCUT2D eigenvalue weighted by Gasteiger charge is -2.18. The van der Waals surface area contributed by atoms with E-state index in [0.29, 0.717) is 35.0 Å². The first kappa shape index (κ1) is 26.6. The van der Waals surface area contributed by atoms with Crippen molar-refractivity contribution in [3.8, 4) is 10.4 Å². The lowest BCUT2D eigenvalue weighted by Crippen LogP contribution is -2.29. The zero-order valence-electron chi connectivity index (χ0n) is 19.1. The number of nitrogens with one attached hydrogen (secondary N) is 2. The lowest BCUT2D eigenvalue weighted by atomic mass is 10.2. The van der Waals surface area contributed by atoms with Crippen molar-refractivity contribution >= 4 is 32.6 Å². The van der Waals surface area contributed by atoms with E-state index in [9.17, 15) is 21.6 Å². The van der Waals surface area contributed by atoms with E-state index in [4.69, 9.17) is 5.41 Å². The summed E-state index contributed by atoms with van der Waals surface area (Å²) in [6.07, 6.45) is 0.529. The summed E-state index contributed by atoms with van der Waals surface area (Å²) >= 11 is 1.22. The van der Waals surface area contributed by atoms with Crippen molar-refractivity contribution in [2.45, 2.75) is 17.6 Å². The summed E-state index contributed by atoms with van der Waals surface area (Å²) in [6.45, 7) is 1.56. The number of benzene rings is 1. The molecule has 1 aromatic carbocycles. The molecule has 0 atom stereocenters. The van der Waals surface area contributed by atoms with Crippen molar-refractivity contribution in [3.63, 3.8) is 0 Å². The predicted molar refractivity (Wildman–Crippen MR) is 133 cm³/mol. The number of nitrogens with zero attached hydrogens (tertiary/aromatic N) is 2. The van der Waals surface area contributed by atoms with Gasteiger partial charge >= 0.3 is 6.18 Å². The molecule has 0 aliphatic rings. The van der Waals surface area contributed by atoms with Crippen molar-refractivity contribution < 1.29 is 21.6 Å². The van der Waals surface area contributed by atoms with E-state index in [2.05, 4.69) is 10.3 Å². The summed E-state index contributed by atoms with van der Waals surface area (Å²) in [7, 11) is -1.49. The molecule has 2 N–H and O–H groups in total. The van der Waals surface area contributed by atoms with Crippen LogP contribution in [0.15, 0.2) is 71.9 Å². The summed E-state index contributed by atoms with van der Waals surface area (Å²) < 4.78 is 63.0. The van der Waals surface area contributed by atoms with Gasteiger partial charge in [0.15, 0.2) is 9.84 Å². The maximum Gasteiger partial charge on any atom is 0.432 e. The van der Waals surface area contributed by atoms with Crippen LogP contribution in [-0.4, -0.2) is 56.6 Å². The third kappa shape index (κ3) is 7.74. The standard InChI is InChI=1S/C24H25F3N4O2S2/c1-31(16-17-8-10-29-11-9-17)13-12-30-20(15-23(28)24(25,26)27)22-7-6-21(34-22)18-4-3-5-19(14-18)35(2,32)33/h3-11,14-15,28,30H,12-13,16H2,1-2H3/b20-15-,28-23?. The average molecular weight is 523 g/mol. The second-order valence-corrected chi connectivity index (χ2v) is 11.1. The highest BCUT2D eigenvalue weighted by Crippen LogP contribution is 2.33. The molecule has 0 saturated carbocycles. The molecular formula is C24H25F3N4O2S2. The van der Waals surface area contributed by atoms with Crippen molar-refractivity contribution in [2.75, 3.05) is 26.4 Å². The molecule has 0 radical (unpaired) electrons. The van der Waals surface area contributed by atoms with Gasteiger partial charge in [-0.3, -0.25) is 10.4 Å². The molecule has 0 aliphatic carbocycles. The normalized spacial score (nSPS) is 12.7. The van der Waals surface area contributed by atoms with Crippen molar-refractivity contribution in [2.24, 2.45) is 0 Å². The van der Waals surface area contributed by atoms with E-state index in [-0.39, 0.29) is 10.6 Å². The van der Waals surface area contributed by atoms with Gasteiger partial charge in [0, 0.05) is 43.2 Å². The SMILES string of the molecule is CN(CCN/C(=C\C(=N)C(F)(F)F)c1ccc(-c2cccc(S(C)(=O)=O)c2)s1)Cc1ccncc1. The minimum absolute atomic E-state index is 0.162. The third-order valence-corrected chi connectivity index (χ3v) is 7.30. The summed E-state index contributed by atoms with van der Waals surface area (Å²) in [5.74, 6) is 0. The molecule has 0 bridgehead atoms. The first-order valence-corrected chi connectivity index (χ1v) is 13.2. The van der Waals surface area contributed by atoms with Crippen LogP contribution in [0.1, 0.15) is 10.4 Å². The van der Waals surface area contributed by atoms with Gasteiger partial charge in [0.05, 0.1) is 15.5 Å². The fourth-order valence-corrected chi connectivity index (χ4v) is 4.88. The lowest BCUT2D eigenvalue weighted by molar-refractivity contribution is -0.0584. The maximum atomic E-state index is 13.1. The van der Waals surface area contributed by atoms with Gasteiger partial charge < -0.3 is 10.2 Å². The van der Waals surface area contributed by atoms with Crippen molar-refractivity contribution in [1.29, 1.82) is 5.41 Å². The number of allylic oxidation sites excluding steroid dienone is 1. The number of likely N-dealkylation sites (N-methyl/N-ethyl adjacent to an activating group) is 1. The number of thiophene rings is 1. The monoisotopic (exact) mass is 522 g/mol. The molecule has 6 nitrogen and oxygen atoms in total. The molecule has 0 amide bonds. The Kier molecular flexibility index (Phi) is 8.47. The highest BCUT2D eigenvalue weighted by molar-refractivity contribution is 7.90. The second-order valence-electron chi connectivity index (χ2n) is 7.95. The van der Waals surface area contributed by atoms with E-state index in [0.717, 1.165) is 17.9 Å². The Balaban J connectivity index is 1.79. The van der Waals surface area contributed by atoms with Gasteiger partial charge in [0.2, 0.25) is 0 Å². The Morgan fingerprint density at radius 1 is 1.17 bits per heavy atom. The number of halogens is 3. The molecule has 2 heterocycles. The number of hydrogen-bond donors (Lipinski definition) is 2. The van der Waals surface area contributed by atoms with Crippen LogP contribution in [0, 0.1) is 5.41 Å². The van der Waals surface area contributed by atoms with Gasteiger partial charge in [-0.1, -0.05) is 12.1 Å². The van der Waals surface area contributed by atoms with Crippen molar-refractivity contribution in [1.82, 2.24) is 15.2 Å². The number of sulfone groups is 1. The Morgan fingerprint density at radius 2 is 1.89 bits per heavy atom. The zero-order chi connectivity index (χ0) is 25.6. The Morgan fingerprint density at radius 3 is 2.54 bits per heavy atom. The van der Waals surface area contributed by atoms with Crippen LogP contribution in [0.4, 0.5) is 13.2 Å². The van der Waals surface area contributed by atoms with E-state index in [1.807, 2.05) is 24.1 Å². The molecule has 2 aromatic heterocycles. The first-order valence-electron chi connectivity index (χ1n) is 10.5. The van der Waals surface area contributed by atoms with Crippen LogP contribution in [0.2, 0.25) is 0 Å². The molecule has 186 valence electrons. The summed E-state index contributed by atoms with van der Waals surface area (Å²) in [5, 5.41) is 10.5. The van der Waals surface area contributed by atoms with E-state index < -0.39 is 21.7 Å². The highest BCUT2D eigenvalue weighted by atomic mass is 32.2. The fraction of sp³-hybridized carbons (Fsp3) is 0.250. The second kappa shape index (κ2) is 11.1. The molecule has 0 aliphatic heterocycles. The van der Waals surface area contributed by atoms with E-state index >= 15 is 0 Å². The number of aromatic nitrogens is 1. The fourth-order valence-electron chi connectivity index (χ4n) is 3.21. The number of pyridine rings is 1. The number of rotatable bonds is 10. The van der Waals surface area contributed by atoms with Crippen LogP contribution < -0.4 is 5.32 Å². The van der Waals surface area contributed by atoms with Gasteiger partial charge in [-0.2, -0.15) is 13.2 Å². The van der Waals surface area contributed by atoms with E-state index in [1.165, 1.54) is 23.5 Å². The minimum Gasteiger partial charge on any atom is -0.383 e. The first-order chi connectivity index (χ1) is 16.4. The molecular weight excluding hydrogens is 497 g/mol. The van der Waals surface area contributed by atoms with Gasteiger partial charge in [-0.15, -0.1) is 11.3 Å². The number of hydrogen-bond acceptors (Lipinski definition) is 7. The minimum atomic E-state index is -4.77. The highest BCUT2D eigenvalue weighted by Gasteiger charge is 2.33. The van der Waals surface area contributed by atoms with Crippen LogP contribution in [-0.2, 0) is 16.4 Å². The third-order valence-electron chi connectivity index (χ3n) is 5.02. The summed E-state index contributed by atoms with van der Waals surface area (Å²) in [4.78, 5) is 7.37. The Labute approximate surface area is 206 Å². The van der Waals surface area contributed by atoms with Gasteiger partial charge in [-0.25, -0.2) is 8.42 Å². The topological polar surface area (TPSA) is 86.2 Å². The molecule has 11 heteroatoms. The average Bonchev–Trinajstić information content (AvgIpc) is 3.28. The summed E-state index contributed by atoms with van der Waals surface area (Å²) in [6, 6.07) is 13.6. The zero-order valence-corrected chi connectivity index (χ0v) is 20.8. The Bertz CT molecular complexity index is 1300. The predicted octanol–water partition coefficient (Wildman–Crippen LogP) is 4.86. The summed E-state index contributed by atoms with van der Waals surface area (Å²) in [5.41, 5.74) is 0.433. The van der Waals surface area contributed by atoms with Crippen LogP contribution in [0.3, 0.4) is 0 Å². The van der Waals surface area contributed by atoms with Crippen LogP contribution in [0.5, 0.6) is 0 Å². The van der Waals surface area contributed by atoms with Crippen LogP contribution >= 0.6 is 11.3 Å². The number of alkyl halides is 3. The van der Waals surface area contributed by atoms with Crippen molar-refractivity contribution in [3.05, 3.63) is 77.4 Å². The molecule has 0 unspecified atom stereocenters. The molecule has 0 fully saturated rings. The molecule has 3 rings (SSSR count). The molecule has 35 heavy (non-hydrogen) atoms. The maximum absolute atomic E-state index is 13.1. The molecule has 0 saturated heterocycles. The quantitative estimate of drug-likeness (QED) is 0.372.